The summed E-state index contributed by atoms with van der Waals surface area (Å²) in [7, 11) is 0. The van der Waals surface area contributed by atoms with Crippen molar-refractivity contribution in [3.63, 3.8) is 0 Å². The van der Waals surface area contributed by atoms with E-state index in [9.17, 15) is 13.2 Å². The van der Waals surface area contributed by atoms with Crippen molar-refractivity contribution in [2.75, 3.05) is 13.1 Å². The van der Waals surface area contributed by atoms with E-state index >= 15 is 0 Å². The molecule has 2 aromatic carbocycles. The Hall–Kier alpha value is -1.81. The first kappa shape index (κ1) is 14.8. The van der Waals surface area contributed by atoms with Crippen molar-refractivity contribution in [2.45, 2.75) is 31.1 Å². The highest BCUT2D eigenvalue weighted by Gasteiger charge is 2.49. The fraction of sp³-hybridized carbons (Fsp3) is 0.368. The first-order valence-corrected chi connectivity index (χ1v) is 8.04. The van der Waals surface area contributed by atoms with E-state index in [0.29, 0.717) is 11.1 Å². The van der Waals surface area contributed by atoms with Gasteiger partial charge in [0.1, 0.15) is 5.82 Å². The van der Waals surface area contributed by atoms with Gasteiger partial charge in [-0.05, 0) is 65.9 Å². The van der Waals surface area contributed by atoms with Crippen LogP contribution in [0.25, 0.3) is 0 Å². The lowest BCUT2D eigenvalue weighted by molar-refractivity contribution is -0.00369. The highest BCUT2D eigenvalue weighted by Crippen LogP contribution is 2.50. The maximum atomic E-state index is 14.7. The molecule has 1 aliphatic heterocycles. The number of fused-ring (bicyclic) bond motifs is 3. The Morgan fingerprint density at radius 1 is 0.913 bits per heavy atom. The zero-order chi connectivity index (χ0) is 16.0. The molecule has 1 nitrogen and oxygen atoms in total. The molecular formula is C19H18F3N. The summed E-state index contributed by atoms with van der Waals surface area (Å²) in [5.41, 5.74) is 4.29. The molecule has 2 aromatic rings. The Labute approximate surface area is 133 Å². The van der Waals surface area contributed by atoms with Crippen LogP contribution in [0.4, 0.5) is 13.2 Å². The molecule has 1 heterocycles. The summed E-state index contributed by atoms with van der Waals surface area (Å²) in [5, 5.41) is 3.33. The molecule has 0 aromatic heterocycles. The monoisotopic (exact) mass is 317 g/mol. The second-order valence-corrected chi connectivity index (χ2v) is 6.44. The molecule has 120 valence electrons. The maximum Gasteiger partial charge on any atom is 0.262 e. The van der Waals surface area contributed by atoms with Crippen LogP contribution in [0.2, 0.25) is 0 Å². The van der Waals surface area contributed by atoms with Gasteiger partial charge in [-0.1, -0.05) is 24.3 Å². The first-order chi connectivity index (χ1) is 11.1. The summed E-state index contributed by atoms with van der Waals surface area (Å²) in [4.78, 5) is 0. The molecule has 0 saturated carbocycles. The molecule has 2 aliphatic rings. The van der Waals surface area contributed by atoms with E-state index in [0.717, 1.165) is 37.1 Å². The molecule has 0 amide bonds. The minimum Gasteiger partial charge on any atom is -0.316 e. The van der Waals surface area contributed by atoms with Gasteiger partial charge in [0.15, 0.2) is 0 Å². The van der Waals surface area contributed by atoms with Crippen LogP contribution in [0.3, 0.4) is 0 Å². The summed E-state index contributed by atoms with van der Waals surface area (Å²) in [6.45, 7) is 1.72. The van der Waals surface area contributed by atoms with Crippen LogP contribution in [0.15, 0.2) is 36.4 Å². The summed E-state index contributed by atoms with van der Waals surface area (Å²) >= 11 is 0. The number of halogens is 3. The minimum absolute atomic E-state index is 0.215. The number of alkyl halides is 2. The predicted octanol–water partition coefficient (Wildman–Crippen LogP) is 3.84. The van der Waals surface area contributed by atoms with Gasteiger partial charge in [-0.15, -0.1) is 0 Å². The van der Waals surface area contributed by atoms with Crippen molar-refractivity contribution in [2.24, 2.45) is 0 Å². The third kappa shape index (κ3) is 2.45. The molecule has 1 N–H and O–H groups in total. The third-order valence-electron chi connectivity index (χ3n) is 5.04. The van der Waals surface area contributed by atoms with Crippen LogP contribution < -0.4 is 5.32 Å². The smallest absolute Gasteiger partial charge is 0.262 e. The second-order valence-electron chi connectivity index (χ2n) is 6.44. The Kier molecular flexibility index (Phi) is 3.45. The molecule has 0 saturated heterocycles. The van der Waals surface area contributed by atoms with Crippen molar-refractivity contribution >= 4 is 0 Å². The van der Waals surface area contributed by atoms with E-state index in [1.807, 2.05) is 12.1 Å². The molecule has 0 radical (unpaired) electrons. The summed E-state index contributed by atoms with van der Waals surface area (Å²) in [5.74, 6) is -4.20. The quantitative estimate of drug-likeness (QED) is 0.843. The number of hydrogen-bond acceptors (Lipinski definition) is 1. The molecule has 0 bridgehead atoms. The molecule has 0 spiro atoms. The molecule has 4 heteroatoms. The van der Waals surface area contributed by atoms with Gasteiger partial charge in [0, 0.05) is 6.42 Å². The van der Waals surface area contributed by atoms with E-state index in [2.05, 4.69) is 5.32 Å². The van der Waals surface area contributed by atoms with Crippen molar-refractivity contribution in [1.29, 1.82) is 0 Å². The topological polar surface area (TPSA) is 12.0 Å². The van der Waals surface area contributed by atoms with Crippen molar-refractivity contribution in [3.05, 3.63) is 70.0 Å². The van der Waals surface area contributed by atoms with E-state index in [1.165, 1.54) is 29.8 Å². The summed E-state index contributed by atoms with van der Waals surface area (Å²) in [6, 6.07) is 9.34. The minimum atomic E-state index is -2.82. The first-order valence-electron chi connectivity index (χ1n) is 8.04. The van der Waals surface area contributed by atoms with Crippen LogP contribution in [-0.4, -0.2) is 19.0 Å². The summed E-state index contributed by atoms with van der Waals surface area (Å²) in [6.07, 6.45) is 1.47. The van der Waals surface area contributed by atoms with Crippen molar-refractivity contribution < 1.29 is 13.2 Å². The van der Waals surface area contributed by atoms with Crippen molar-refractivity contribution in [1.82, 2.24) is 5.32 Å². The highest BCUT2D eigenvalue weighted by molar-refractivity contribution is 5.52. The van der Waals surface area contributed by atoms with Gasteiger partial charge in [0.2, 0.25) is 0 Å². The van der Waals surface area contributed by atoms with Gasteiger partial charge in [-0.3, -0.25) is 0 Å². The third-order valence-corrected chi connectivity index (χ3v) is 5.04. The largest absolute Gasteiger partial charge is 0.316 e. The Morgan fingerprint density at radius 3 is 2.43 bits per heavy atom. The van der Waals surface area contributed by atoms with Crippen LogP contribution >= 0.6 is 0 Å². The molecule has 4 rings (SSSR count). The fourth-order valence-corrected chi connectivity index (χ4v) is 3.99. The van der Waals surface area contributed by atoms with Gasteiger partial charge < -0.3 is 5.32 Å². The maximum absolute atomic E-state index is 14.7. The zero-order valence-electron chi connectivity index (χ0n) is 12.7. The fourth-order valence-electron chi connectivity index (χ4n) is 3.99. The molecule has 0 fully saturated rings. The predicted molar refractivity (Wildman–Crippen MR) is 83.6 cm³/mol. The molecule has 1 unspecified atom stereocenters. The molecule has 1 atom stereocenters. The van der Waals surface area contributed by atoms with Crippen LogP contribution in [0.5, 0.6) is 0 Å². The van der Waals surface area contributed by atoms with E-state index in [4.69, 9.17) is 0 Å². The molecule has 1 aliphatic carbocycles. The van der Waals surface area contributed by atoms with Crippen molar-refractivity contribution in [3.8, 4) is 0 Å². The summed E-state index contributed by atoms with van der Waals surface area (Å²) < 4.78 is 42.6. The van der Waals surface area contributed by atoms with E-state index in [-0.39, 0.29) is 6.42 Å². The lowest BCUT2D eigenvalue weighted by atomic mass is 9.88. The zero-order valence-corrected chi connectivity index (χ0v) is 12.7. The van der Waals surface area contributed by atoms with Crippen LogP contribution in [0.1, 0.15) is 33.7 Å². The Balaban J connectivity index is 1.84. The van der Waals surface area contributed by atoms with Gasteiger partial charge in [0.05, 0.1) is 5.92 Å². The van der Waals surface area contributed by atoms with Crippen LogP contribution in [-0.2, 0) is 19.3 Å². The average molecular weight is 317 g/mol. The van der Waals surface area contributed by atoms with Gasteiger partial charge in [-0.25, -0.2) is 13.2 Å². The SMILES string of the molecule is Fc1ccc(C2c3ccc4c(c3CC2(F)F)CCNCC4)cc1. The molecule has 23 heavy (non-hydrogen) atoms. The number of nitrogens with one attached hydrogen (secondary N) is 1. The number of rotatable bonds is 1. The van der Waals surface area contributed by atoms with Gasteiger partial charge in [0.25, 0.3) is 5.92 Å². The Morgan fingerprint density at radius 2 is 1.65 bits per heavy atom. The number of benzene rings is 2. The molecular weight excluding hydrogens is 299 g/mol. The number of hydrogen-bond donors (Lipinski definition) is 1. The lowest BCUT2D eigenvalue weighted by Gasteiger charge is -2.20. The van der Waals surface area contributed by atoms with Gasteiger partial charge in [-0.2, -0.15) is 0 Å². The van der Waals surface area contributed by atoms with Crippen LogP contribution in [0, 0.1) is 5.82 Å². The van der Waals surface area contributed by atoms with Gasteiger partial charge >= 0.3 is 0 Å². The Bertz CT molecular complexity index is 737. The normalized spacial score (nSPS) is 22.3. The second kappa shape index (κ2) is 5.38. The average Bonchev–Trinajstić information content (AvgIpc) is 2.67. The van der Waals surface area contributed by atoms with E-state index in [1.54, 1.807) is 0 Å². The highest BCUT2D eigenvalue weighted by atomic mass is 19.3. The van der Waals surface area contributed by atoms with E-state index < -0.39 is 17.7 Å². The lowest BCUT2D eigenvalue weighted by Crippen LogP contribution is -2.23. The standard InChI is InChI=1S/C19H18F3N/c20-14-4-1-13(2-5-14)18-16-6-3-12-7-9-23-10-8-15(12)17(16)11-19(18,21)22/h1-6,18,23H,7-11H2.